The summed E-state index contributed by atoms with van der Waals surface area (Å²) in [6, 6.07) is 5.73. The first-order valence-corrected chi connectivity index (χ1v) is 8.52. The van der Waals surface area contributed by atoms with Crippen molar-refractivity contribution in [1.29, 1.82) is 0 Å². The van der Waals surface area contributed by atoms with Crippen molar-refractivity contribution in [3.8, 4) is 5.75 Å². The van der Waals surface area contributed by atoms with Crippen LogP contribution in [-0.2, 0) is 0 Å². The molecule has 4 atom stereocenters. The number of benzene rings is 1. The van der Waals surface area contributed by atoms with E-state index in [0.29, 0.717) is 17.2 Å². The third kappa shape index (κ3) is 2.96. The number of nitrogens with one attached hydrogen (secondary N) is 1. The fourth-order valence-corrected chi connectivity index (χ4v) is 4.53. The number of methoxy groups -OCH3 is 1. The number of hydrogen-bond donors (Lipinski definition) is 1. The number of ether oxygens (including phenoxy) is 1. The van der Waals surface area contributed by atoms with Gasteiger partial charge in [0, 0.05) is 10.5 Å². The van der Waals surface area contributed by atoms with Gasteiger partial charge in [0.25, 0.3) is 5.91 Å². The van der Waals surface area contributed by atoms with E-state index < -0.39 is 0 Å². The smallest absolute Gasteiger partial charge is 0.252 e. The van der Waals surface area contributed by atoms with Crippen LogP contribution in [0.1, 0.15) is 43.0 Å². The summed E-state index contributed by atoms with van der Waals surface area (Å²) >= 11 is 3.45. The average Bonchev–Trinajstić information content (AvgIpc) is 3.10. The molecule has 3 nitrogen and oxygen atoms in total. The van der Waals surface area contributed by atoms with Crippen LogP contribution >= 0.6 is 15.9 Å². The molecule has 2 bridgehead atoms. The maximum atomic E-state index is 12.5. The van der Waals surface area contributed by atoms with E-state index in [2.05, 4.69) is 28.2 Å². The first-order chi connectivity index (χ1) is 10.1. The van der Waals surface area contributed by atoms with Crippen molar-refractivity contribution < 1.29 is 9.53 Å². The average molecular weight is 352 g/mol. The fourth-order valence-electron chi connectivity index (χ4n) is 4.10. The van der Waals surface area contributed by atoms with Crippen LogP contribution in [0.15, 0.2) is 22.7 Å². The number of carbonyl (C=O) groups is 1. The van der Waals surface area contributed by atoms with Gasteiger partial charge in [-0.15, -0.1) is 0 Å². The lowest BCUT2D eigenvalue weighted by Crippen LogP contribution is -2.40. The monoisotopic (exact) mass is 351 g/mol. The van der Waals surface area contributed by atoms with Crippen LogP contribution in [0, 0.1) is 17.8 Å². The molecule has 2 saturated carbocycles. The van der Waals surface area contributed by atoms with E-state index in [4.69, 9.17) is 4.74 Å². The van der Waals surface area contributed by atoms with E-state index in [1.54, 1.807) is 13.2 Å². The Morgan fingerprint density at radius 1 is 1.38 bits per heavy atom. The minimum atomic E-state index is -0.0175. The van der Waals surface area contributed by atoms with Gasteiger partial charge in [0.15, 0.2) is 0 Å². The predicted molar refractivity (Wildman–Crippen MR) is 86.6 cm³/mol. The SMILES string of the molecule is COc1ccc(Br)c(C(=O)N[C@@H](C)[C@@H]2C[C@@H]3CC[C@@H]2C3)c1. The standard InChI is InChI=1S/C17H22BrNO2/c1-10(14-8-11-3-4-12(14)7-11)19-17(20)15-9-13(21-2)5-6-16(15)18/h5-6,9-12,14H,3-4,7-8H2,1-2H3,(H,19,20)/t10-,11+,12+,14-/m0/s1. The summed E-state index contributed by atoms with van der Waals surface area (Å²) in [5.74, 6) is 3.06. The van der Waals surface area contributed by atoms with Gasteiger partial charge < -0.3 is 10.1 Å². The van der Waals surface area contributed by atoms with Gasteiger partial charge in [0.2, 0.25) is 0 Å². The highest BCUT2D eigenvalue weighted by atomic mass is 79.9. The fraction of sp³-hybridized carbons (Fsp3) is 0.588. The molecule has 0 heterocycles. The Labute approximate surface area is 134 Å². The van der Waals surface area contributed by atoms with Gasteiger partial charge in [-0.25, -0.2) is 0 Å². The van der Waals surface area contributed by atoms with Gasteiger partial charge in [-0.05, 0) is 78.1 Å². The van der Waals surface area contributed by atoms with E-state index in [-0.39, 0.29) is 11.9 Å². The zero-order valence-electron chi connectivity index (χ0n) is 12.6. The minimum Gasteiger partial charge on any atom is -0.497 e. The second-order valence-electron chi connectivity index (χ2n) is 6.45. The summed E-state index contributed by atoms with van der Waals surface area (Å²) in [4.78, 5) is 12.5. The van der Waals surface area contributed by atoms with Gasteiger partial charge in [-0.3, -0.25) is 4.79 Å². The Morgan fingerprint density at radius 3 is 2.81 bits per heavy atom. The van der Waals surface area contributed by atoms with Crippen LogP contribution in [-0.4, -0.2) is 19.1 Å². The Kier molecular flexibility index (Phi) is 4.25. The van der Waals surface area contributed by atoms with Gasteiger partial charge in [0.05, 0.1) is 12.7 Å². The summed E-state index contributed by atoms with van der Waals surface area (Å²) in [7, 11) is 1.61. The summed E-state index contributed by atoms with van der Waals surface area (Å²) in [5.41, 5.74) is 0.643. The van der Waals surface area contributed by atoms with Crippen molar-refractivity contribution in [3.05, 3.63) is 28.2 Å². The van der Waals surface area contributed by atoms with Crippen molar-refractivity contribution in [2.24, 2.45) is 17.8 Å². The Balaban J connectivity index is 1.68. The molecule has 1 aromatic rings. The second-order valence-corrected chi connectivity index (χ2v) is 7.30. The number of hydrogen-bond acceptors (Lipinski definition) is 2. The first-order valence-electron chi connectivity index (χ1n) is 7.73. The van der Waals surface area contributed by atoms with Crippen LogP contribution in [0.2, 0.25) is 0 Å². The molecule has 0 unspecified atom stereocenters. The molecule has 1 aromatic carbocycles. The summed E-state index contributed by atoms with van der Waals surface area (Å²) in [6.45, 7) is 2.15. The lowest BCUT2D eigenvalue weighted by atomic mass is 9.84. The van der Waals surface area contributed by atoms with Crippen molar-refractivity contribution in [2.75, 3.05) is 7.11 Å². The molecule has 3 rings (SSSR count). The van der Waals surface area contributed by atoms with Crippen LogP contribution in [0.5, 0.6) is 5.75 Å². The molecule has 0 aliphatic heterocycles. The molecule has 0 aromatic heterocycles. The lowest BCUT2D eigenvalue weighted by molar-refractivity contribution is 0.0914. The van der Waals surface area contributed by atoms with Crippen molar-refractivity contribution in [2.45, 2.75) is 38.6 Å². The van der Waals surface area contributed by atoms with Crippen molar-refractivity contribution >= 4 is 21.8 Å². The summed E-state index contributed by atoms with van der Waals surface area (Å²) < 4.78 is 6.01. The molecule has 0 radical (unpaired) electrons. The minimum absolute atomic E-state index is 0.0175. The molecular formula is C17H22BrNO2. The number of rotatable bonds is 4. The molecule has 0 spiro atoms. The first kappa shape index (κ1) is 14.9. The highest BCUT2D eigenvalue weighted by Gasteiger charge is 2.42. The van der Waals surface area contributed by atoms with Crippen LogP contribution in [0.3, 0.4) is 0 Å². The second kappa shape index (κ2) is 5.99. The summed E-state index contributed by atoms with van der Waals surface area (Å²) in [5, 5.41) is 3.19. The number of amides is 1. The Hall–Kier alpha value is -1.03. The van der Waals surface area contributed by atoms with E-state index in [0.717, 1.165) is 16.3 Å². The lowest BCUT2D eigenvalue weighted by Gasteiger charge is -2.28. The maximum absolute atomic E-state index is 12.5. The maximum Gasteiger partial charge on any atom is 0.252 e. The Bertz CT molecular complexity index is 546. The Morgan fingerprint density at radius 2 is 2.19 bits per heavy atom. The summed E-state index contributed by atoms with van der Waals surface area (Å²) in [6.07, 6.45) is 5.39. The van der Waals surface area contributed by atoms with Crippen LogP contribution in [0.25, 0.3) is 0 Å². The van der Waals surface area contributed by atoms with Crippen LogP contribution < -0.4 is 10.1 Å². The largest absolute Gasteiger partial charge is 0.497 e. The molecule has 2 aliphatic rings. The van der Waals surface area contributed by atoms with Gasteiger partial charge in [0.1, 0.15) is 5.75 Å². The highest BCUT2D eigenvalue weighted by Crippen LogP contribution is 2.49. The van der Waals surface area contributed by atoms with E-state index in [1.807, 2.05) is 12.1 Å². The van der Waals surface area contributed by atoms with E-state index in [9.17, 15) is 4.79 Å². The van der Waals surface area contributed by atoms with Gasteiger partial charge in [-0.1, -0.05) is 6.42 Å². The molecular weight excluding hydrogens is 330 g/mol. The molecule has 2 aliphatic carbocycles. The molecule has 1 amide bonds. The van der Waals surface area contributed by atoms with E-state index >= 15 is 0 Å². The zero-order valence-corrected chi connectivity index (χ0v) is 14.2. The normalized spacial score (nSPS) is 28.4. The molecule has 21 heavy (non-hydrogen) atoms. The number of fused-ring (bicyclic) bond motifs is 2. The molecule has 1 N–H and O–H groups in total. The van der Waals surface area contributed by atoms with Gasteiger partial charge in [-0.2, -0.15) is 0 Å². The number of halogens is 1. The number of carbonyl (C=O) groups excluding carboxylic acids is 1. The van der Waals surface area contributed by atoms with Crippen LogP contribution in [0.4, 0.5) is 0 Å². The van der Waals surface area contributed by atoms with E-state index in [1.165, 1.54) is 25.7 Å². The predicted octanol–water partition coefficient (Wildman–Crippen LogP) is 4.01. The topological polar surface area (TPSA) is 38.3 Å². The quantitative estimate of drug-likeness (QED) is 0.889. The molecule has 4 heteroatoms. The van der Waals surface area contributed by atoms with Gasteiger partial charge >= 0.3 is 0 Å². The third-order valence-corrected chi connectivity index (χ3v) is 5.90. The molecule has 0 saturated heterocycles. The zero-order chi connectivity index (χ0) is 15.0. The molecule has 2 fully saturated rings. The highest BCUT2D eigenvalue weighted by molar-refractivity contribution is 9.10. The molecule has 114 valence electrons. The van der Waals surface area contributed by atoms with Crippen molar-refractivity contribution in [3.63, 3.8) is 0 Å². The van der Waals surface area contributed by atoms with Crippen molar-refractivity contribution in [1.82, 2.24) is 5.32 Å². The third-order valence-electron chi connectivity index (χ3n) is 5.21.